The molecule has 7 nitrogen and oxygen atoms in total. The summed E-state index contributed by atoms with van der Waals surface area (Å²) in [6.45, 7) is 1.35. The molecule has 0 bridgehead atoms. The van der Waals surface area contributed by atoms with Gasteiger partial charge in [-0.05, 0) is 55.7 Å². The lowest BCUT2D eigenvalue weighted by Crippen LogP contribution is -2.38. The first kappa shape index (κ1) is 21.0. The van der Waals surface area contributed by atoms with Crippen LogP contribution in [0.4, 0.5) is 4.39 Å². The van der Waals surface area contributed by atoms with Crippen LogP contribution in [0.3, 0.4) is 0 Å². The Morgan fingerprint density at radius 3 is 2.55 bits per heavy atom. The Hall–Kier alpha value is -3.21. The van der Waals surface area contributed by atoms with Gasteiger partial charge in [-0.3, -0.25) is 14.3 Å². The van der Waals surface area contributed by atoms with Crippen LogP contribution in [0.15, 0.2) is 24.3 Å². The minimum atomic E-state index is -0.740. The van der Waals surface area contributed by atoms with Gasteiger partial charge in [0.15, 0.2) is 5.69 Å². The van der Waals surface area contributed by atoms with Gasteiger partial charge in [0.2, 0.25) is 5.91 Å². The van der Waals surface area contributed by atoms with Crippen LogP contribution in [0.2, 0.25) is 0 Å². The topological polar surface area (TPSA) is 99.2 Å². The second-order valence-corrected chi connectivity index (χ2v) is 8.50. The van der Waals surface area contributed by atoms with Crippen LogP contribution in [0.25, 0.3) is 0 Å². The lowest BCUT2D eigenvalue weighted by molar-refractivity contribution is -0.143. The molecular weight excluding hydrogens is 399 g/mol. The SMILES string of the molecule is N#Cc1nn(Cc2ccc(F)cc2)c2c1CCN(C(=O)CC1CCC(C(=O)O)CC1)C2. The number of carboxylic acids is 1. The van der Waals surface area contributed by atoms with E-state index in [1.807, 2.05) is 4.90 Å². The molecule has 1 aromatic carbocycles. The average molecular weight is 424 g/mol. The number of carbonyl (C=O) groups excluding carboxylic acids is 1. The van der Waals surface area contributed by atoms with Gasteiger partial charge >= 0.3 is 5.97 Å². The highest BCUT2D eigenvalue weighted by Crippen LogP contribution is 2.32. The smallest absolute Gasteiger partial charge is 0.306 e. The van der Waals surface area contributed by atoms with Crippen LogP contribution in [-0.4, -0.2) is 38.2 Å². The van der Waals surface area contributed by atoms with Crippen LogP contribution in [0, 0.1) is 29.0 Å². The summed E-state index contributed by atoms with van der Waals surface area (Å²) in [5.74, 6) is -1.04. The monoisotopic (exact) mass is 424 g/mol. The number of hydrogen-bond acceptors (Lipinski definition) is 4. The quantitative estimate of drug-likeness (QED) is 0.795. The first-order chi connectivity index (χ1) is 14.9. The highest BCUT2D eigenvalue weighted by Gasteiger charge is 2.31. The normalized spacial score (nSPS) is 20.7. The molecule has 0 unspecified atom stereocenters. The summed E-state index contributed by atoms with van der Waals surface area (Å²) in [5, 5.41) is 23.0. The number of halogens is 1. The van der Waals surface area contributed by atoms with Crippen molar-refractivity contribution in [1.29, 1.82) is 5.26 Å². The van der Waals surface area contributed by atoms with Crippen LogP contribution < -0.4 is 0 Å². The van der Waals surface area contributed by atoms with Gasteiger partial charge in [-0.2, -0.15) is 10.4 Å². The fraction of sp³-hybridized carbons (Fsp3) is 0.478. The fourth-order valence-electron chi connectivity index (χ4n) is 4.67. The van der Waals surface area contributed by atoms with Gasteiger partial charge in [-0.15, -0.1) is 0 Å². The lowest BCUT2D eigenvalue weighted by atomic mass is 9.80. The Bertz CT molecular complexity index is 1020. The van der Waals surface area contributed by atoms with Gasteiger partial charge in [0.1, 0.15) is 11.9 Å². The number of hydrogen-bond donors (Lipinski definition) is 1. The molecule has 31 heavy (non-hydrogen) atoms. The fourth-order valence-corrected chi connectivity index (χ4v) is 4.67. The van der Waals surface area contributed by atoms with E-state index in [1.165, 1.54) is 12.1 Å². The summed E-state index contributed by atoms with van der Waals surface area (Å²) >= 11 is 0. The summed E-state index contributed by atoms with van der Waals surface area (Å²) in [7, 11) is 0. The van der Waals surface area contributed by atoms with E-state index in [1.54, 1.807) is 16.8 Å². The van der Waals surface area contributed by atoms with Crippen LogP contribution >= 0.6 is 0 Å². The molecule has 162 valence electrons. The Morgan fingerprint density at radius 1 is 1.19 bits per heavy atom. The molecule has 1 saturated carbocycles. The van der Waals surface area contributed by atoms with E-state index < -0.39 is 5.97 Å². The van der Waals surface area contributed by atoms with E-state index in [2.05, 4.69) is 11.2 Å². The predicted octanol–water partition coefficient (Wildman–Crippen LogP) is 3.11. The van der Waals surface area contributed by atoms with E-state index >= 15 is 0 Å². The number of carboxylic acid groups (broad SMARTS) is 1. The lowest BCUT2D eigenvalue weighted by Gasteiger charge is -2.31. The number of rotatable bonds is 5. The zero-order valence-corrected chi connectivity index (χ0v) is 17.3. The molecule has 2 aliphatic rings. The Morgan fingerprint density at radius 2 is 1.90 bits per heavy atom. The molecule has 4 rings (SSSR count). The summed E-state index contributed by atoms with van der Waals surface area (Å²) < 4.78 is 15.0. The summed E-state index contributed by atoms with van der Waals surface area (Å²) in [4.78, 5) is 25.9. The minimum Gasteiger partial charge on any atom is -0.481 e. The van der Waals surface area contributed by atoms with E-state index in [0.717, 1.165) is 29.7 Å². The molecule has 0 spiro atoms. The number of benzene rings is 1. The van der Waals surface area contributed by atoms with Crippen molar-refractivity contribution >= 4 is 11.9 Å². The maximum Gasteiger partial charge on any atom is 0.306 e. The van der Waals surface area contributed by atoms with Gasteiger partial charge in [0, 0.05) is 18.5 Å². The standard InChI is InChI=1S/C23H25FN4O3/c24-18-7-3-16(4-8-18)13-28-21-14-27(10-9-19(21)20(12-25)26-28)22(29)11-15-1-5-17(6-2-15)23(30)31/h3-4,7-8,15,17H,1-2,5-6,9-11,13-14H2,(H,30,31). The zero-order valence-electron chi connectivity index (χ0n) is 17.3. The molecule has 1 N–H and O–H groups in total. The highest BCUT2D eigenvalue weighted by atomic mass is 19.1. The molecule has 0 atom stereocenters. The van der Waals surface area contributed by atoms with Crippen molar-refractivity contribution in [1.82, 2.24) is 14.7 Å². The van der Waals surface area contributed by atoms with Crippen LogP contribution in [0.1, 0.15) is 54.6 Å². The number of aliphatic carboxylic acids is 1. The Balaban J connectivity index is 1.44. The first-order valence-corrected chi connectivity index (χ1v) is 10.7. The molecule has 2 heterocycles. The van der Waals surface area contributed by atoms with E-state index in [0.29, 0.717) is 51.0 Å². The Labute approximate surface area is 180 Å². The van der Waals surface area contributed by atoms with Crippen LogP contribution in [0.5, 0.6) is 0 Å². The van der Waals surface area contributed by atoms with E-state index in [-0.39, 0.29) is 23.6 Å². The van der Waals surface area contributed by atoms with Crippen molar-refractivity contribution in [2.45, 2.75) is 51.6 Å². The largest absolute Gasteiger partial charge is 0.481 e. The third-order valence-corrected chi connectivity index (χ3v) is 6.50. The third-order valence-electron chi connectivity index (χ3n) is 6.50. The maximum atomic E-state index is 13.2. The molecule has 1 aliphatic heterocycles. The van der Waals surface area contributed by atoms with E-state index in [9.17, 15) is 19.2 Å². The van der Waals surface area contributed by atoms with Gasteiger partial charge in [0.25, 0.3) is 0 Å². The second-order valence-electron chi connectivity index (χ2n) is 8.50. The van der Waals surface area contributed by atoms with Crippen molar-refractivity contribution in [2.75, 3.05) is 6.54 Å². The van der Waals surface area contributed by atoms with Crippen molar-refractivity contribution < 1.29 is 19.1 Å². The van der Waals surface area contributed by atoms with Gasteiger partial charge in [-0.25, -0.2) is 4.39 Å². The molecule has 1 fully saturated rings. The molecule has 1 aromatic heterocycles. The van der Waals surface area contributed by atoms with Crippen LogP contribution in [-0.2, 0) is 29.1 Å². The third kappa shape index (κ3) is 4.61. The maximum absolute atomic E-state index is 13.2. The Kier molecular flexibility index (Phi) is 6.03. The zero-order chi connectivity index (χ0) is 22.0. The first-order valence-electron chi connectivity index (χ1n) is 10.7. The molecule has 2 aromatic rings. The van der Waals surface area contributed by atoms with Crippen molar-refractivity contribution in [3.63, 3.8) is 0 Å². The van der Waals surface area contributed by atoms with Gasteiger partial charge < -0.3 is 10.0 Å². The number of carbonyl (C=O) groups is 2. The highest BCUT2D eigenvalue weighted by molar-refractivity contribution is 5.77. The van der Waals surface area contributed by atoms with E-state index in [4.69, 9.17) is 5.11 Å². The molecule has 1 amide bonds. The van der Waals surface area contributed by atoms with Gasteiger partial charge in [0.05, 0.1) is 24.7 Å². The molecule has 0 saturated heterocycles. The van der Waals surface area contributed by atoms with Crippen molar-refractivity contribution in [3.05, 3.63) is 52.6 Å². The minimum absolute atomic E-state index is 0.0671. The summed E-state index contributed by atoms with van der Waals surface area (Å²) in [6.07, 6.45) is 3.81. The predicted molar refractivity (Wildman–Crippen MR) is 109 cm³/mol. The molecule has 0 radical (unpaired) electrons. The van der Waals surface area contributed by atoms with Gasteiger partial charge in [-0.1, -0.05) is 12.1 Å². The summed E-state index contributed by atoms with van der Waals surface area (Å²) in [6, 6.07) is 8.32. The van der Waals surface area contributed by atoms with Crippen molar-refractivity contribution in [2.24, 2.45) is 11.8 Å². The number of nitrogens with zero attached hydrogens (tertiary/aromatic N) is 4. The molecule has 8 heteroatoms. The average Bonchev–Trinajstić information content (AvgIpc) is 3.12. The molecular formula is C23H25FN4O3. The number of fused-ring (bicyclic) bond motifs is 1. The summed E-state index contributed by atoms with van der Waals surface area (Å²) in [5.41, 5.74) is 3.00. The van der Waals surface area contributed by atoms with Crippen molar-refractivity contribution in [3.8, 4) is 6.07 Å². The number of amides is 1. The second kappa shape index (κ2) is 8.88. The number of nitriles is 1. The number of aromatic nitrogens is 2. The molecule has 1 aliphatic carbocycles.